The van der Waals surface area contributed by atoms with E-state index in [1.54, 1.807) is 7.11 Å². The van der Waals surface area contributed by atoms with Crippen LogP contribution in [0.15, 0.2) is 82.4 Å². The van der Waals surface area contributed by atoms with E-state index in [9.17, 15) is 10.1 Å². The molecule has 162 valence electrons. The quantitative estimate of drug-likeness (QED) is 0.477. The second-order valence-corrected chi connectivity index (χ2v) is 7.60. The van der Waals surface area contributed by atoms with E-state index in [4.69, 9.17) is 14.2 Å². The summed E-state index contributed by atoms with van der Waals surface area (Å²) in [4.78, 5) is 17.7. The summed E-state index contributed by atoms with van der Waals surface area (Å²) < 4.78 is 16.6. The van der Waals surface area contributed by atoms with Crippen molar-refractivity contribution in [1.29, 1.82) is 5.26 Å². The lowest BCUT2D eigenvalue weighted by molar-refractivity contribution is -0.117. The van der Waals surface area contributed by atoms with Crippen molar-refractivity contribution in [2.75, 3.05) is 13.7 Å². The van der Waals surface area contributed by atoms with Crippen LogP contribution in [-0.4, -0.2) is 25.9 Å². The second kappa shape index (κ2) is 9.52. The maximum atomic E-state index is 13.4. The molecule has 0 spiro atoms. The van der Waals surface area contributed by atoms with E-state index >= 15 is 0 Å². The normalized spacial score (nSPS) is 20.6. The minimum Gasteiger partial charge on any atom is -0.497 e. The van der Waals surface area contributed by atoms with Crippen LogP contribution in [0.1, 0.15) is 42.7 Å². The number of hydrogen-bond acceptors (Lipinski definition) is 6. The largest absolute Gasteiger partial charge is 0.497 e. The van der Waals surface area contributed by atoms with Gasteiger partial charge in [0.15, 0.2) is 12.2 Å². The molecule has 2 aromatic carbocycles. The number of nitrogens with zero attached hydrogens (tertiary/aromatic N) is 2. The van der Waals surface area contributed by atoms with Gasteiger partial charge in [0.25, 0.3) is 0 Å². The summed E-state index contributed by atoms with van der Waals surface area (Å²) >= 11 is 0. The maximum absolute atomic E-state index is 13.4. The molecule has 0 saturated carbocycles. The summed E-state index contributed by atoms with van der Waals surface area (Å²) in [5.74, 6) is 0.890. The Morgan fingerprint density at radius 1 is 1.12 bits per heavy atom. The van der Waals surface area contributed by atoms with Crippen LogP contribution in [0, 0.1) is 11.3 Å². The second-order valence-electron chi connectivity index (χ2n) is 7.60. The topological polar surface area (TPSA) is 80.9 Å². The first kappa shape index (κ1) is 21.4. The van der Waals surface area contributed by atoms with E-state index < -0.39 is 5.92 Å². The summed E-state index contributed by atoms with van der Waals surface area (Å²) in [7, 11) is 1.60. The molecule has 32 heavy (non-hydrogen) atoms. The third kappa shape index (κ3) is 4.15. The van der Waals surface area contributed by atoms with Gasteiger partial charge in [-0.05, 0) is 36.1 Å². The Balaban J connectivity index is 1.80. The molecule has 0 saturated heterocycles. The number of ether oxygens (including phenoxy) is 3. The molecule has 0 aromatic heterocycles. The molecular weight excluding hydrogens is 404 g/mol. The molecule has 0 bridgehead atoms. The van der Waals surface area contributed by atoms with Gasteiger partial charge in [-0.25, -0.2) is 0 Å². The minimum atomic E-state index is -0.548. The summed E-state index contributed by atoms with van der Waals surface area (Å²) in [6, 6.07) is 19.6. The number of ketones is 1. The highest BCUT2D eigenvalue weighted by Gasteiger charge is 2.41. The van der Waals surface area contributed by atoms with Crippen molar-refractivity contribution in [1.82, 2.24) is 0 Å². The van der Waals surface area contributed by atoms with Gasteiger partial charge in [0, 0.05) is 18.4 Å². The summed E-state index contributed by atoms with van der Waals surface area (Å²) in [6.45, 7) is 2.29. The van der Waals surface area contributed by atoms with Crippen molar-refractivity contribution in [3.8, 4) is 11.8 Å². The molecule has 0 radical (unpaired) electrons. The molecule has 0 N–H and O–H groups in total. The maximum Gasteiger partial charge on any atom is 0.236 e. The molecule has 0 unspecified atom stereocenters. The Labute approximate surface area is 187 Å². The number of carbonyl (C=O) groups is 1. The van der Waals surface area contributed by atoms with Gasteiger partial charge in [-0.15, -0.1) is 0 Å². The lowest BCUT2D eigenvalue weighted by Crippen LogP contribution is -2.28. The average Bonchev–Trinajstić information content (AvgIpc) is 2.84. The predicted octanol–water partition coefficient (Wildman–Crippen LogP) is 5.01. The van der Waals surface area contributed by atoms with E-state index in [0.717, 1.165) is 11.1 Å². The van der Waals surface area contributed by atoms with Gasteiger partial charge in [0.05, 0.1) is 19.6 Å². The van der Waals surface area contributed by atoms with Gasteiger partial charge in [-0.2, -0.15) is 10.3 Å². The summed E-state index contributed by atoms with van der Waals surface area (Å²) in [5.41, 5.74) is 2.73. The van der Waals surface area contributed by atoms with Crippen molar-refractivity contribution >= 4 is 12.2 Å². The molecule has 0 fully saturated rings. The molecule has 2 atom stereocenters. The molecule has 1 aliphatic heterocycles. The van der Waals surface area contributed by atoms with Crippen LogP contribution in [0.3, 0.4) is 0 Å². The fourth-order valence-corrected chi connectivity index (χ4v) is 4.21. The zero-order valence-corrected chi connectivity index (χ0v) is 18.1. The van der Waals surface area contributed by atoms with Crippen LogP contribution in [0.4, 0.5) is 0 Å². The number of methoxy groups -OCH3 is 1. The summed E-state index contributed by atoms with van der Waals surface area (Å²) in [6.07, 6.45) is 2.21. The van der Waals surface area contributed by atoms with Crippen LogP contribution in [0.25, 0.3) is 0 Å². The van der Waals surface area contributed by atoms with Gasteiger partial charge in [-0.1, -0.05) is 42.5 Å². The molecule has 4 rings (SSSR count). The van der Waals surface area contributed by atoms with E-state index in [-0.39, 0.29) is 23.2 Å². The highest BCUT2D eigenvalue weighted by molar-refractivity contribution is 6.00. The van der Waals surface area contributed by atoms with Crippen molar-refractivity contribution in [3.63, 3.8) is 0 Å². The summed E-state index contributed by atoms with van der Waals surface area (Å²) in [5, 5.41) is 10.00. The molecule has 6 heteroatoms. The molecule has 1 heterocycles. The number of benzene rings is 2. The zero-order chi connectivity index (χ0) is 22.5. The SMILES string of the molecule is CCOC=NC1=C(C#N)[C@@H](c2ccc(OC)cc2)C2=C(C[C@@H](c3ccccc3)CC2=O)O1. The third-order valence-corrected chi connectivity index (χ3v) is 5.74. The van der Waals surface area contributed by atoms with Crippen molar-refractivity contribution in [2.24, 2.45) is 4.99 Å². The zero-order valence-electron chi connectivity index (χ0n) is 18.1. The van der Waals surface area contributed by atoms with E-state index in [2.05, 4.69) is 11.1 Å². The van der Waals surface area contributed by atoms with Crippen LogP contribution in [0.2, 0.25) is 0 Å². The first-order valence-electron chi connectivity index (χ1n) is 10.6. The van der Waals surface area contributed by atoms with Gasteiger partial charge in [-0.3, -0.25) is 4.79 Å². The standard InChI is InChI=1S/C26H24N2O4/c1-3-31-16-28-26-21(15-27)24(18-9-11-20(30-2)12-10-18)25-22(29)13-19(14-23(25)32-26)17-7-5-4-6-8-17/h4-12,16,19,24H,3,13-14H2,1-2H3/t19-,24+/m0/s1. The Kier molecular flexibility index (Phi) is 6.37. The van der Waals surface area contributed by atoms with Crippen molar-refractivity contribution in [3.05, 3.63) is 88.5 Å². The van der Waals surface area contributed by atoms with Gasteiger partial charge >= 0.3 is 0 Å². The van der Waals surface area contributed by atoms with Gasteiger partial charge in [0.2, 0.25) is 5.88 Å². The fourth-order valence-electron chi connectivity index (χ4n) is 4.21. The van der Waals surface area contributed by atoms with Crippen LogP contribution in [-0.2, 0) is 14.3 Å². The number of nitriles is 1. The molecule has 0 amide bonds. The number of carbonyl (C=O) groups excluding carboxylic acids is 1. The van der Waals surface area contributed by atoms with Gasteiger partial charge in [0.1, 0.15) is 23.2 Å². The Morgan fingerprint density at radius 2 is 1.88 bits per heavy atom. The Hall–Kier alpha value is -3.85. The predicted molar refractivity (Wildman–Crippen MR) is 120 cm³/mol. The molecule has 6 nitrogen and oxygen atoms in total. The number of aliphatic imine (C=N–C) groups is 1. The third-order valence-electron chi connectivity index (χ3n) is 5.74. The van der Waals surface area contributed by atoms with Crippen molar-refractivity contribution in [2.45, 2.75) is 31.6 Å². The highest BCUT2D eigenvalue weighted by Crippen LogP contribution is 2.47. The van der Waals surface area contributed by atoms with Crippen LogP contribution < -0.4 is 4.74 Å². The Bertz CT molecular complexity index is 1120. The number of Topliss-reactive ketones (excluding diaryl/α,β-unsaturated/α-hetero) is 1. The molecule has 2 aromatic rings. The van der Waals surface area contributed by atoms with E-state index in [0.29, 0.717) is 36.5 Å². The van der Waals surface area contributed by atoms with Crippen LogP contribution >= 0.6 is 0 Å². The molecular formula is C26H24N2O4. The smallest absolute Gasteiger partial charge is 0.236 e. The lowest BCUT2D eigenvalue weighted by atomic mass is 9.73. The molecule has 2 aliphatic rings. The van der Waals surface area contributed by atoms with Crippen molar-refractivity contribution < 1.29 is 19.0 Å². The number of rotatable bonds is 6. The number of allylic oxidation sites excluding steroid dienone is 3. The van der Waals surface area contributed by atoms with E-state index in [1.807, 2.05) is 61.5 Å². The lowest BCUT2D eigenvalue weighted by Gasteiger charge is -2.34. The Morgan fingerprint density at radius 3 is 2.53 bits per heavy atom. The first-order chi connectivity index (χ1) is 15.7. The monoisotopic (exact) mass is 428 g/mol. The van der Waals surface area contributed by atoms with E-state index in [1.165, 1.54) is 6.40 Å². The number of hydrogen-bond donors (Lipinski definition) is 0. The fraction of sp³-hybridized carbons (Fsp3) is 0.269. The highest BCUT2D eigenvalue weighted by atomic mass is 16.5. The van der Waals surface area contributed by atoms with Gasteiger partial charge < -0.3 is 14.2 Å². The molecule has 1 aliphatic carbocycles. The van der Waals surface area contributed by atoms with Crippen LogP contribution in [0.5, 0.6) is 5.75 Å². The minimum absolute atomic E-state index is 0.0125. The first-order valence-corrected chi connectivity index (χ1v) is 10.6. The average molecular weight is 428 g/mol.